The molecule has 0 bridgehead atoms. The zero-order valence-electron chi connectivity index (χ0n) is 29.5. The maximum atomic E-state index is 14.5. The summed E-state index contributed by atoms with van der Waals surface area (Å²) >= 11 is 0. The van der Waals surface area contributed by atoms with Crippen LogP contribution in [-0.4, -0.2) is 82.3 Å². The SMILES string of the molecule is CC(C)C(=O)O[C@H]1[C@H](c2ccc3c(N)ncnn23)O[C@](C#N)(COP(=O)(NC(C)C(=O)OC2CCOCC2)Oc2ccccc2)[C@H]1OC(=O)C(C)C. The molecule has 5 rings (SSSR count). The maximum Gasteiger partial charge on any atom is 0.459 e. The molecule has 2 aliphatic heterocycles. The first-order valence-corrected chi connectivity index (χ1v) is 18.4. The Morgan fingerprint density at radius 3 is 2.35 bits per heavy atom. The summed E-state index contributed by atoms with van der Waals surface area (Å²) in [6.07, 6.45) is -2.50. The van der Waals surface area contributed by atoms with Crippen molar-refractivity contribution in [3.05, 3.63) is 54.5 Å². The lowest BCUT2D eigenvalue weighted by atomic mass is 9.95. The van der Waals surface area contributed by atoms with E-state index in [1.807, 2.05) is 6.07 Å². The average molecular weight is 743 g/mol. The fraction of sp³-hybridized carbons (Fsp3) is 0.529. The zero-order valence-corrected chi connectivity index (χ0v) is 30.4. The topological polar surface area (TPSA) is 225 Å². The second-order valence-corrected chi connectivity index (χ2v) is 14.8. The number of nitrogen functional groups attached to an aromatic ring is 1. The van der Waals surface area contributed by atoms with E-state index in [1.165, 1.54) is 29.9 Å². The van der Waals surface area contributed by atoms with Crippen LogP contribution in [0.1, 0.15) is 59.3 Å². The van der Waals surface area contributed by atoms with E-state index in [9.17, 15) is 24.2 Å². The smallest absolute Gasteiger partial charge is 0.459 e. The second kappa shape index (κ2) is 16.4. The number of rotatable bonds is 14. The molecule has 0 aliphatic carbocycles. The lowest BCUT2D eigenvalue weighted by Crippen LogP contribution is -2.50. The number of anilines is 1. The van der Waals surface area contributed by atoms with Gasteiger partial charge in [-0.2, -0.15) is 15.4 Å². The molecule has 3 N–H and O–H groups in total. The van der Waals surface area contributed by atoms with Crippen molar-refractivity contribution in [3.8, 4) is 11.8 Å². The van der Waals surface area contributed by atoms with E-state index >= 15 is 0 Å². The molecule has 280 valence electrons. The van der Waals surface area contributed by atoms with E-state index < -0.39 is 74.1 Å². The number of esters is 3. The molecular formula is C34H43N6O11P. The van der Waals surface area contributed by atoms with Crippen LogP contribution in [-0.2, 0) is 47.2 Å². The Balaban J connectivity index is 1.52. The summed E-state index contributed by atoms with van der Waals surface area (Å²) in [5, 5.41) is 17.7. The van der Waals surface area contributed by atoms with Crippen molar-refractivity contribution in [1.82, 2.24) is 19.7 Å². The van der Waals surface area contributed by atoms with Crippen molar-refractivity contribution in [2.45, 2.75) is 83.5 Å². The summed E-state index contributed by atoms with van der Waals surface area (Å²) in [6.45, 7) is 7.83. The minimum absolute atomic E-state index is 0.114. The van der Waals surface area contributed by atoms with Crippen molar-refractivity contribution in [3.63, 3.8) is 0 Å². The van der Waals surface area contributed by atoms with Crippen LogP contribution >= 0.6 is 7.75 Å². The number of benzene rings is 1. The first kappa shape index (κ1) is 38.6. The van der Waals surface area contributed by atoms with E-state index in [0.29, 0.717) is 31.6 Å². The van der Waals surface area contributed by atoms with Gasteiger partial charge in [-0.05, 0) is 31.2 Å². The highest BCUT2D eigenvalue weighted by molar-refractivity contribution is 7.52. The molecular weight excluding hydrogens is 699 g/mol. The molecule has 4 heterocycles. The first-order valence-electron chi connectivity index (χ1n) is 16.9. The van der Waals surface area contributed by atoms with E-state index in [2.05, 4.69) is 15.2 Å². The Labute approximate surface area is 300 Å². The van der Waals surface area contributed by atoms with Gasteiger partial charge in [0, 0.05) is 12.8 Å². The van der Waals surface area contributed by atoms with Crippen LogP contribution in [0.4, 0.5) is 5.82 Å². The normalized spacial score (nSPS) is 23.8. The number of nitrogens with two attached hydrogens (primary N) is 1. The van der Waals surface area contributed by atoms with Crippen molar-refractivity contribution in [2.75, 3.05) is 25.6 Å². The fourth-order valence-electron chi connectivity index (χ4n) is 5.50. The predicted octanol–water partition coefficient (Wildman–Crippen LogP) is 3.68. The van der Waals surface area contributed by atoms with Crippen molar-refractivity contribution >= 4 is 37.0 Å². The van der Waals surface area contributed by atoms with Gasteiger partial charge in [0.1, 0.15) is 48.5 Å². The monoisotopic (exact) mass is 742 g/mol. The van der Waals surface area contributed by atoms with Gasteiger partial charge in [0.15, 0.2) is 18.0 Å². The molecule has 0 spiro atoms. The average Bonchev–Trinajstić information content (AvgIpc) is 3.68. The van der Waals surface area contributed by atoms with Crippen LogP contribution in [0.5, 0.6) is 5.75 Å². The molecule has 2 unspecified atom stereocenters. The van der Waals surface area contributed by atoms with Gasteiger partial charge in [-0.25, -0.2) is 14.1 Å². The lowest BCUT2D eigenvalue weighted by molar-refractivity contribution is -0.173. The summed E-state index contributed by atoms with van der Waals surface area (Å²) in [7, 11) is -4.58. The number of aromatic nitrogens is 3. The number of para-hydroxylation sites is 1. The van der Waals surface area contributed by atoms with E-state index in [0.717, 1.165) is 0 Å². The maximum absolute atomic E-state index is 14.5. The highest BCUT2D eigenvalue weighted by Gasteiger charge is 2.62. The highest BCUT2D eigenvalue weighted by Crippen LogP contribution is 2.50. The summed E-state index contributed by atoms with van der Waals surface area (Å²) < 4.78 is 56.8. The summed E-state index contributed by atoms with van der Waals surface area (Å²) in [5.41, 5.74) is 4.48. The number of nitrogens with one attached hydrogen (secondary N) is 1. The molecule has 0 amide bonds. The van der Waals surface area contributed by atoms with Crippen LogP contribution in [0.15, 0.2) is 48.8 Å². The Kier molecular flexibility index (Phi) is 12.2. The van der Waals surface area contributed by atoms with Crippen molar-refractivity contribution in [1.29, 1.82) is 5.26 Å². The van der Waals surface area contributed by atoms with Gasteiger partial charge >= 0.3 is 25.7 Å². The standard InChI is InChI=1S/C34H43N6O11P/c1-20(2)31(41)48-28-27(25-11-12-26-30(36)37-19-38-40(25)26)50-34(17-35,29(28)49-32(42)21(3)4)18-46-52(44,51-24-9-7-6-8-10-24)39-22(5)33(43)47-23-13-15-45-16-14-23/h6-12,19-23,27-29H,13-16,18H2,1-5H3,(H,39,44)(H2,36,37,38)/t22?,27-,28-,29-,34+,52?/m0/s1. The van der Waals surface area contributed by atoms with Gasteiger partial charge in [0.25, 0.3) is 0 Å². The van der Waals surface area contributed by atoms with Gasteiger partial charge in [-0.1, -0.05) is 45.9 Å². The number of fused-ring (bicyclic) bond motifs is 1. The molecule has 2 aliphatic rings. The van der Waals surface area contributed by atoms with Crippen molar-refractivity contribution < 1.29 is 51.7 Å². The Hall–Kier alpha value is -4.59. The number of ether oxygens (including phenoxy) is 5. The van der Waals surface area contributed by atoms with Gasteiger partial charge < -0.3 is 33.9 Å². The van der Waals surface area contributed by atoms with Crippen LogP contribution in [0.2, 0.25) is 0 Å². The third kappa shape index (κ3) is 8.71. The molecule has 0 radical (unpaired) electrons. The van der Waals surface area contributed by atoms with Crippen LogP contribution in [0.25, 0.3) is 5.52 Å². The number of carbonyl (C=O) groups is 3. The van der Waals surface area contributed by atoms with Crippen LogP contribution < -0.4 is 15.3 Å². The molecule has 18 heteroatoms. The Morgan fingerprint density at radius 2 is 1.69 bits per heavy atom. The molecule has 0 saturated carbocycles. The minimum Gasteiger partial charge on any atom is -0.461 e. The third-order valence-electron chi connectivity index (χ3n) is 8.40. The second-order valence-electron chi connectivity index (χ2n) is 13.1. The molecule has 2 fully saturated rings. The molecule has 17 nitrogen and oxygen atoms in total. The molecule has 52 heavy (non-hydrogen) atoms. The number of hydrogen-bond acceptors (Lipinski definition) is 15. The van der Waals surface area contributed by atoms with Crippen molar-refractivity contribution in [2.24, 2.45) is 11.8 Å². The Bertz CT molecular complexity index is 1830. The summed E-state index contributed by atoms with van der Waals surface area (Å²) in [6, 6.07) is 12.0. The molecule has 2 saturated heterocycles. The Morgan fingerprint density at radius 1 is 1.02 bits per heavy atom. The summed E-state index contributed by atoms with van der Waals surface area (Å²) in [5.74, 6) is -3.17. The molecule has 6 atom stereocenters. The number of hydrogen-bond donors (Lipinski definition) is 2. The first-order chi connectivity index (χ1) is 24.8. The number of carbonyl (C=O) groups excluding carboxylic acids is 3. The lowest BCUT2D eigenvalue weighted by Gasteiger charge is -2.31. The number of nitriles is 1. The van der Waals surface area contributed by atoms with Gasteiger partial charge in [0.05, 0.1) is 30.7 Å². The molecule has 3 aromatic rings. The predicted molar refractivity (Wildman–Crippen MR) is 182 cm³/mol. The fourth-order valence-corrected chi connectivity index (χ4v) is 7.02. The van der Waals surface area contributed by atoms with Gasteiger partial charge in [-0.3, -0.25) is 18.9 Å². The van der Waals surface area contributed by atoms with Gasteiger partial charge in [0.2, 0.25) is 5.60 Å². The highest BCUT2D eigenvalue weighted by atomic mass is 31.2. The van der Waals surface area contributed by atoms with Gasteiger partial charge in [-0.15, -0.1) is 0 Å². The quantitative estimate of drug-likeness (QED) is 0.136. The molecule has 2 aromatic heterocycles. The molecule has 1 aromatic carbocycles. The largest absolute Gasteiger partial charge is 0.461 e. The van der Waals surface area contributed by atoms with E-state index in [-0.39, 0.29) is 23.4 Å². The van der Waals surface area contributed by atoms with E-state index in [1.54, 1.807) is 58.0 Å². The third-order valence-corrected chi connectivity index (χ3v) is 10.0. The zero-order chi connectivity index (χ0) is 37.6. The minimum atomic E-state index is -4.58. The van der Waals surface area contributed by atoms with E-state index in [4.69, 9.17) is 38.5 Å². The van der Waals surface area contributed by atoms with Crippen LogP contribution in [0, 0.1) is 23.2 Å². The number of nitrogens with zero attached hydrogens (tertiary/aromatic N) is 4. The van der Waals surface area contributed by atoms with Crippen LogP contribution in [0.3, 0.4) is 0 Å². The summed E-state index contributed by atoms with van der Waals surface area (Å²) in [4.78, 5) is 43.4.